The maximum atomic E-state index is 14.0. The summed E-state index contributed by atoms with van der Waals surface area (Å²) in [6.45, 7) is 6.73. The minimum Gasteiger partial charge on any atom is -0.383 e. The molecular formula is C24H30FN7O3. The van der Waals surface area contributed by atoms with Crippen LogP contribution in [-0.4, -0.2) is 90.6 Å². The third-order valence-electron chi connectivity index (χ3n) is 5.77. The van der Waals surface area contributed by atoms with Gasteiger partial charge in [-0.3, -0.25) is 15.1 Å². The number of carbonyl (C=O) groups excluding carboxylic acids is 1. The molecule has 0 spiro atoms. The molecule has 4 rings (SSSR count). The lowest BCUT2D eigenvalue weighted by molar-refractivity contribution is 0.0398. The Morgan fingerprint density at radius 3 is 2.91 bits per heavy atom. The molecule has 3 aromatic rings. The van der Waals surface area contributed by atoms with E-state index in [0.29, 0.717) is 54.3 Å². The molecule has 1 fully saturated rings. The molecule has 3 heterocycles. The van der Waals surface area contributed by atoms with E-state index in [-0.39, 0.29) is 23.4 Å². The number of H-pyrrole nitrogens is 1. The highest BCUT2D eigenvalue weighted by Crippen LogP contribution is 2.22. The fraction of sp³-hybridized carbons (Fsp3) is 0.417. The number of nitrogens with zero attached hydrogens (tertiary/aromatic N) is 3. The lowest BCUT2D eigenvalue weighted by Gasteiger charge is -2.26. The van der Waals surface area contributed by atoms with Gasteiger partial charge in [0.1, 0.15) is 17.0 Å². The van der Waals surface area contributed by atoms with Crippen molar-refractivity contribution in [3.63, 3.8) is 0 Å². The molecule has 0 radical (unpaired) electrons. The molecule has 1 aliphatic rings. The van der Waals surface area contributed by atoms with Gasteiger partial charge < -0.3 is 25.1 Å². The summed E-state index contributed by atoms with van der Waals surface area (Å²) in [7, 11) is 1.57. The third-order valence-corrected chi connectivity index (χ3v) is 5.77. The first kappa shape index (κ1) is 24.7. The number of carbonyl (C=O) groups is 1. The van der Waals surface area contributed by atoms with Crippen molar-refractivity contribution < 1.29 is 18.7 Å². The van der Waals surface area contributed by atoms with Gasteiger partial charge in [-0.05, 0) is 25.1 Å². The number of anilines is 1. The van der Waals surface area contributed by atoms with E-state index in [1.165, 1.54) is 18.3 Å². The summed E-state index contributed by atoms with van der Waals surface area (Å²) in [5.41, 5.74) is 2.48. The quantitative estimate of drug-likeness (QED) is 0.325. The van der Waals surface area contributed by atoms with Crippen LogP contribution >= 0.6 is 0 Å². The zero-order chi connectivity index (χ0) is 24.8. The van der Waals surface area contributed by atoms with E-state index in [0.717, 1.165) is 19.6 Å². The fourth-order valence-electron chi connectivity index (χ4n) is 3.97. The van der Waals surface area contributed by atoms with Gasteiger partial charge in [0.25, 0.3) is 5.91 Å². The van der Waals surface area contributed by atoms with Crippen molar-refractivity contribution in [1.29, 1.82) is 5.41 Å². The van der Waals surface area contributed by atoms with Gasteiger partial charge in [0.2, 0.25) is 0 Å². The zero-order valence-corrected chi connectivity index (χ0v) is 19.9. The zero-order valence-electron chi connectivity index (χ0n) is 19.9. The number of morpholine rings is 1. The minimum atomic E-state index is -0.397. The Hall–Kier alpha value is -3.41. The molecule has 0 saturated carbocycles. The van der Waals surface area contributed by atoms with Crippen molar-refractivity contribution >= 4 is 28.5 Å². The van der Waals surface area contributed by atoms with E-state index >= 15 is 0 Å². The molecule has 1 saturated heterocycles. The number of aromatic amines is 1. The molecule has 1 atom stereocenters. The van der Waals surface area contributed by atoms with Gasteiger partial charge in [0.15, 0.2) is 5.65 Å². The van der Waals surface area contributed by atoms with Crippen molar-refractivity contribution in [1.82, 2.24) is 25.2 Å². The predicted octanol–water partition coefficient (Wildman–Crippen LogP) is 2.02. The molecule has 10 nitrogen and oxygen atoms in total. The number of aromatic nitrogens is 3. The molecule has 0 bridgehead atoms. The predicted molar refractivity (Wildman–Crippen MR) is 131 cm³/mol. The van der Waals surface area contributed by atoms with E-state index in [4.69, 9.17) is 14.9 Å². The summed E-state index contributed by atoms with van der Waals surface area (Å²) >= 11 is 0. The molecule has 2 aromatic heterocycles. The van der Waals surface area contributed by atoms with Gasteiger partial charge in [0.05, 0.1) is 37.3 Å². The molecule has 1 amide bonds. The van der Waals surface area contributed by atoms with Crippen LogP contribution < -0.4 is 10.6 Å². The van der Waals surface area contributed by atoms with Crippen molar-refractivity contribution in [2.75, 3.05) is 58.4 Å². The van der Waals surface area contributed by atoms with Crippen LogP contribution in [0.2, 0.25) is 0 Å². The smallest absolute Gasteiger partial charge is 0.255 e. The van der Waals surface area contributed by atoms with E-state index in [1.54, 1.807) is 19.4 Å². The van der Waals surface area contributed by atoms with Gasteiger partial charge in [-0.25, -0.2) is 14.4 Å². The number of methoxy groups -OCH3 is 1. The first-order valence-electron chi connectivity index (χ1n) is 11.5. The summed E-state index contributed by atoms with van der Waals surface area (Å²) in [6.07, 6.45) is 3.01. The largest absolute Gasteiger partial charge is 0.383 e. The number of amides is 1. The molecule has 186 valence electrons. The van der Waals surface area contributed by atoms with Crippen LogP contribution in [0.15, 0.2) is 30.6 Å². The Morgan fingerprint density at radius 1 is 1.34 bits per heavy atom. The van der Waals surface area contributed by atoms with Crippen molar-refractivity contribution in [3.8, 4) is 0 Å². The molecule has 1 aromatic carbocycles. The van der Waals surface area contributed by atoms with Crippen LogP contribution in [0.3, 0.4) is 0 Å². The maximum absolute atomic E-state index is 14.0. The Morgan fingerprint density at radius 2 is 2.14 bits per heavy atom. The lowest BCUT2D eigenvalue weighted by atomic mass is 10.0. The summed E-state index contributed by atoms with van der Waals surface area (Å²) in [6, 6.07) is 4.06. The van der Waals surface area contributed by atoms with E-state index in [9.17, 15) is 9.18 Å². The summed E-state index contributed by atoms with van der Waals surface area (Å²) < 4.78 is 24.5. The number of halogens is 1. The number of fused-ring (bicyclic) bond motifs is 1. The molecule has 35 heavy (non-hydrogen) atoms. The highest BCUT2D eigenvalue weighted by Gasteiger charge is 2.19. The van der Waals surface area contributed by atoms with Crippen LogP contribution in [0.4, 0.5) is 10.1 Å². The topological polar surface area (TPSA) is 128 Å². The van der Waals surface area contributed by atoms with Crippen molar-refractivity contribution in [2.45, 2.75) is 13.0 Å². The Balaban J connectivity index is 1.54. The first-order chi connectivity index (χ1) is 17.0. The minimum absolute atomic E-state index is 0.0774. The fourth-order valence-corrected chi connectivity index (χ4v) is 3.97. The Labute approximate surface area is 202 Å². The van der Waals surface area contributed by atoms with Crippen LogP contribution in [0.5, 0.6) is 0 Å². The Kier molecular flexibility index (Phi) is 8.01. The lowest BCUT2D eigenvalue weighted by Crippen LogP contribution is -2.39. The van der Waals surface area contributed by atoms with Gasteiger partial charge in [-0.15, -0.1) is 0 Å². The van der Waals surface area contributed by atoms with Crippen LogP contribution in [0.25, 0.3) is 11.2 Å². The number of ether oxygens (including phenoxy) is 2. The van der Waals surface area contributed by atoms with Gasteiger partial charge in [-0.2, -0.15) is 0 Å². The standard InChI is InChI=1S/C24H30FN7O3/c1-15(14-34-2)30-24(33)18-12-28-23-22(18)31-20(13-29-23)21(26)17-4-3-16(25)11-19(17)27-5-6-32-7-9-35-10-8-32/h3-4,11-13,15,26-27H,5-10,14H2,1-2H3,(H,28,29)(H,30,33). The second-order valence-electron chi connectivity index (χ2n) is 8.43. The van der Waals surface area contributed by atoms with E-state index in [2.05, 4.69) is 30.5 Å². The van der Waals surface area contributed by atoms with Crippen LogP contribution in [-0.2, 0) is 9.47 Å². The molecule has 4 N–H and O–H groups in total. The van der Waals surface area contributed by atoms with E-state index in [1.807, 2.05) is 6.92 Å². The van der Waals surface area contributed by atoms with Crippen molar-refractivity contribution in [2.24, 2.45) is 0 Å². The van der Waals surface area contributed by atoms with Gasteiger partial charge in [0, 0.05) is 56.8 Å². The molecule has 11 heteroatoms. The van der Waals surface area contributed by atoms with Crippen LogP contribution in [0.1, 0.15) is 28.5 Å². The molecular weight excluding hydrogens is 453 g/mol. The number of nitrogens with one attached hydrogen (secondary N) is 4. The molecule has 0 aliphatic carbocycles. The van der Waals surface area contributed by atoms with E-state index < -0.39 is 5.82 Å². The molecule has 1 unspecified atom stereocenters. The second-order valence-corrected chi connectivity index (χ2v) is 8.43. The number of hydrogen-bond donors (Lipinski definition) is 4. The number of benzene rings is 1. The highest BCUT2D eigenvalue weighted by molar-refractivity contribution is 6.14. The average Bonchev–Trinajstić information content (AvgIpc) is 3.28. The average molecular weight is 484 g/mol. The summed E-state index contributed by atoms with van der Waals surface area (Å²) in [5, 5.41) is 14.9. The SMILES string of the molecule is COCC(C)NC(=O)c1c[nH]c2ncc(C(=N)c3ccc(F)cc3NCCN3CCOCC3)nc12. The van der Waals surface area contributed by atoms with Crippen LogP contribution in [0, 0.1) is 11.2 Å². The Bertz CT molecular complexity index is 1190. The highest BCUT2D eigenvalue weighted by atomic mass is 19.1. The maximum Gasteiger partial charge on any atom is 0.255 e. The van der Waals surface area contributed by atoms with Gasteiger partial charge >= 0.3 is 0 Å². The van der Waals surface area contributed by atoms with Gasteiger partial charge in [-0.1, -0.05) is 0 Å². The third kappa shape index (κ3) is 5.99. The second kappa shape index (κ2) is 11.3. The molecule has 1 aliphatic heterocycles. The first-order valence-corrected chi connectivity index (χ1v) is 11.5. The number of hydrogen-bond acceptors (Lipinski definition) is 8. The normalized spacial score (nSPS) is 15.2. The number of rotatable bonds is 10. The summed E-state index contributed by atoms with van der Waals surface area (Å²) in [5.74, 6) is -0.710. The van der Waals surface area contributed by atoms with Crippen molar-refractivity contribution in [3.05, 3.63) is 53.2 Å². The summed E-state index contributed by atoms with van der Waals surface area (Å²) in [4.78, 5) is 26.8. The monoisotopic (exact) mass is 483 g/mol.